The number of rotatable bonds is 2. The second-order valence-corrected chi connectivity index (χ2v) is 2.25. The number of benzene rings is 1. The molecule has 3 N–H and O–H groups in total. The Morgan fingerprint density at radius 3 is 2.64 bits per heavy atom. The molecule has 0 atom stereocenters. The van der Waals surface area contributed by atoms with Gasteiger partial charge in [-0.25, -0.2) is 0 Å². The van der Waals surface area contributed by atoms with Crippen molar-refractivity contribution in [2.75, 3.05) is 6.61 Å². The van der Waals surface area contributed by atoms with Crippen molar-refractivity contribution in [3.63, 3.8) is 0 Å². The van der Waals surface area contributed by atoms with E-state index in [-0.39, 0.29) is 6.15 Å². The van der Waals surface area contributed by atoms with Crippen molar-refractivity contribution in [2.24, 2.45) is 0 Å². The lowest BCUT2D eigenvalue weighted by atomic mass is 10.2. The Balaban J connectivity index is 0.000001000. The van der Waals surface area contributed by atoms with Crippen LogP contribution in [0.3, 0.4) is 0 Å². The van der Waals surface area contributed by atoms with Crippen molar-refractivity contribution in [3.05, 3.63) is 29.8 Å². The van der Waals surface area contributed by atoms with E-state index in [9.17, 15) is 0 Å². The third-order valence-corrected chi connectivity index (χ3v) is 1.30. The predicted molar refractivity (Wildman–Crippen MR) is 47.4 cm³/mol. The number of hydrogen-bond donors (Lipinski definition) is 1. The molecule has 2 nitrogen and oxygen atoms in total. The Morgan fingerprint density at radius 2 is 2.09 bits per heavy atom. The van der Waals surface area contributed by atoms with Gasteiger partial charge in [-0.3, -0.25) is 0 Å². The summed E-state index contributed by atoms with van der Waals surface area (Å²) in [6.45, 7) is 4.79. The van der Waals surface area contributed by atoms with Crippen LogP contribution < -0.4 is 10.9 Å². The average Bonchev–Trinajstić information content (AvgIpc) is 1.88. The zero-order valence-corrected chi connectivity index (χ0v) is 7.13. The maximum absolute atomic E-state index is 5.29. The van der Waals surface area contributed by atoms with Gasteiger partial charge >= 0.3 is 0 Å². The van der Waals surface area contributed by atoms with E-state index in [2.05, 4.69) is 13.0 Å². The first-order chi connectivity index (χ1) is 4.83. The first kappa shape index (κ1) is 9.98. The van der Waals surface area contributed by atoms with Gasteiger partial charge in [0.15, 0.2) is 0 Å². The summed E-state index contributed by atoms with van der Waals surface area (Å²) in [5, 5.41) is 0. The Bertz CT molecular complexity index is 210. The molecule has 0 saturated carbocycles. The standard InChI is InChI=1S/C9H12O.H3N/c1-3-10-9-6-4-5-8(2)7-9;/h4-7H,3H2,1-2H3;1H3. The quantitative estimate of drug-likeness (QED) is 0.709. The minimum atomic E-state index is 0. The zero-order valence-electron chi connectivity index (χ0n) is 7.13. The van der Waals surface area contributed by atoms with Crippen LogP contribution in [0, 0.1) is 6.92 Å². The smallest absolute Gasteiger partial charge is 0.119 e. The van der Waals surface area contributed by atoms with Gasteiger partial charge in [0.25, 0.3) is 0 Å². The van der Waals surface area contributed by atoms with Gasteiger partial charge in [-0.15, -0.1) is 0 Å². The SMILES string of the molecule is CCOc1cccc(C)c1.N. The van der Waals surface area contributed by atoms with Gasteiger partial charge in [-0.1, -0.05) is 12.1 Å². The molecular weight excluding hydrogens is 138 g/mol. The van der Waals surface area contributed by atoms with Crippen LogP contribution in [0.1, 0.15) is 12.5 Å². The maximum Gasteiger partial charge on any atom is 0.119 e. The average molecular weight is 153 g/mol. The van der Waals surface area contributed by atoms with Crippen LogP contribution in [0.4, 0.5) is 0 Å². The summed E-state index contributed by atoms with van der Waals surface area (Å²) in [5.41, 5.74) is 1.24. The van der Waals surface area contributed by atoms with E-state index in [4.69, 9.17) is 4.74 Å². The highest BCUT2D eigenvalue weighted by molar-refractivity contribution is 5.27. The Labute approximate surface area is 67.8 Å². The van der Waals surface area contributed by atoms with Crippen molar-refractivity contribution in [2.45, 2.75) is 13.8 Å². The second kappa shape index (κ2) is 4.74. The van der Waals surface area contributed by atoms with Gasteiger partial charge in [0, 0.05) is 0 Å². The van der Waals surface area contributed by atoms with Crippen LogP contribution in [0.25, 0.3) is 0 Å². The molecule has 11 heavy (non-hydrogen) atoms. The second-order valence-electron chi connectivity index (χ2n) is 2.25. The van der Waals surface area contributed by atoms with Crippen LogP contribution in [-0.2, 0) is 0 Å². The lowest BCUT2D eigenvalue weighted by Gasteiger charge is -2.01. The summed E-state index contributed by atoms with van der Waals surface area (Å²) in [6.07, 6.45) is 0. The van der Waals surface area contributed by atoms with Gasteiger partial charge in [0.1, 0.15) is 5.75 Å². The Hall–Kier alpha value is -1.02. The molecule has 0 bridgehead atoms. The van der Waals surface area contributed by atoms with Crippen molar-refractivity contribution in [1.29, 1.82) is 0 Å². The van der Waals surface area contributed by atoms with Gasteiger partial charge in [-0.2, -0.15) is 0 Å². The van der Waals surface area contributed by atoms with Gasteiger partial charge in [0.2, 0.25) is 0 Å². The minimum absolute atomic E-state index is 0. The highest BCUT2D eigenvalue weighted by Crippen LogP contribution is 2.11. The van der Waals surface area contributed by atoms with Crippen LogP contribution in [0.2, 0.25) is 0 Å². The van der Waals surface area contributed by atoms with Gasteiger partial charge < -0.3 is 10.9 Å². The molecular formula is C9H15NO. The molecule has 0 heterocycles. The van der Waals surface area contributed by atoms with Crippen LogP contribution in [0.15, 0.2) is 24.3 Å². The van der Waals surface area contributed by atoms with Gasteiger partial charge in [0.05, 0.1) is 6.61 Å². The third kappa shape index (κ3) is 3.05. The highest BCUT2D eigenvalue weighted by atomic mass is 16.5. The molecule has 0 aliphatic carbocycles. The first-order valence-corrected chi connectivity index (χ1v) is 3.52. The molecule has 0 saturated heterocycles. The molecule has 0 aliphatic heterocycles. The summed E-state index contributed by atoms with van der Waals surface area (Å²) in [4.78, 5) is 0. The summed E-state index contributed by atoms with van der Waals surface area (Å²) >= 11 is 0. The third-order valence-electron chi connectivity index (χ3n) is 1.30. The fourth-order valence-corrected chi connectivity index (χ4v) is 0.872. The lowest BCUT2D eigenvalue weighted by molar-refractivity contribution is 0.340. The zero-order chi connectivity index (χ0) is 7.40. The molecule has 0 unspecified atom stereocenters. The molecule has 0 aliphatic rings. The predicted octanol–water partition coefficient (Wildman–Crippen LogP) is 2.56. The number of aryl methyl sites for hydroxylation is 1. The monoisotopic (exact) mass is 153 g/mol. The van der Waals surface area contributed by atoms with Gasteiger partial charge in [-0.05, 0) is 31.5 Å². The van der Waals surface area contributed by atoms with E-state index in [1.54, 1.807) is 0 Å². The fraction of sp³-hybridized carbons (Fsp3) is 0.333. The molecule has 0 radical (unpaired) electrons. The molecule has 1 rings (SSSR count). The largest absolute Gasteiger partial charge is 0.494 e. The van der Waals surface area contributed by atoms with Crippen LogP contribution >= 0.6 is 0 Å². The number of hydrogen-bond acceptors (Lipinski definition) is 2. The maximum atomic E-state index is 5.29. The molecule has 0 spiro atoms. The summed E-state index contributed by atoms with van der Waals surface area (Å²) in [7, 11) is 0. The van der Waals surface area contributed by atoms with Crippen molar-refractivity contribution >= 4 is 0 Å². The first-order valence-electron chi connectivity index (χ1n) is 3.52. The fourth-order valence-electron chi connectivity index (χ4n) is 0.872. The summed E-state index contributed by atoms with van der Waals surface area (Å²) < 4.78 is 5.29. The van der Waals surface area contributed by atoms with E-state index in [0.717, 1.165) is 12.4 Å². The molecule has 0 amide bonds. The van der Waals surface area contributed by atoms with Crippen LogP contribution in [0.5, 0.6) is 5.75 Å². The number of ether oxygens (including phenoxy) is 1. The Morgan fingerprint density at radius 1 is 1.36 bits per heavy atom. The van der Waals surface area contributed by atoms with E-state index in [0.29, 0.717) is 0 Å². The molecule has 1 aromatic rings. The van der Waals surface area contributed by atoms with Crippen molar-refractivity contribution in [1.82, 2.24) is 6.15 Å². The molecule has 62 valence electrons. The van der Waals surface area contributed by atoms with E-state index >= 15 is 0 Å². The van der Waals surface area contributed by atoms with Crippen LogP contribution in [-0.4, -0.2) is 6.61 Å². The molecule has 1 aromatic carbocycles. The molecule has 0 fully saturated rings. The Kier molecular flexibility index (Phi) is 4.30. The highest BCUT2D eigenvalue weighted by Gasteiger charge is 1.88. The van der Waals surface area contributed by atoms with E-state index in [1.807, 2.05) is 25.1 Å². The summed E-state index contributed by atoms with van der Waals surface area (Å²) in [6, 6.07) is 8.06. The molecule has 2 heteroatoms. The van der Waals surface area contributed by atoms with Crippen molar-refractivity contribution in [3.8, 4) is 5.75 Å². The topological polar surface area (TPSA) is 44.2 Å². The normalized spacial score (nSPS) is 8.55. The lowest BCUT2D eigenvalue weighted by Crippen LogP contribution is -1.90. The molecule has 0 aromatic heterocycles. The van der Waals surface area contributed by atoms with E-state index < -0.39 is 0 Å². The van der Waals surface area contributed by atoms with E-state index in [1.165, 1.54) is 5.56 Å². The summed E-state index contributed by atoms with van der Waals surface area (Å²) in [5.74, 6) is 0.961. The minimum Gasteiger partial charge on any atom is -0.494 e. The van der Waals surface area contributed by atoms with Crippen molar-refractivity contribution < 1.29 is 4.74 Å².